The van der Waals surface area contributed by atoms with Gasteiger partial charge in [0, 0.05) is 19.1 Å². The lowest BCUT2D eigenvalue weighted by Gasteiger charge is -2.13. The van der Waals surface area contributed by atoms with Crippen molar-refractivity contribution < 1.29 is 9.15 Å². The summed E-state index contributed by atoms with van der Waals surface area (Å²) in [5.41, 5.74) is 3.47. The predicted molar refractivity (Wildman–Crippen MR) is 118 cm³/mol. The van der Waals surface area contributed by atoms with Crippen molar-refractivity contribution in [2.24, 2.45) is 11.0 Å². The van der Waals surface area contributed by atoms with Crippen molar-refractivity contribution in [1.82, 2.24) is 9.55 Å². The van der Waals surface area contributed by atoms with Crippen LogP contribution in [0, 0.1) is 5.92 Å². The van der Waals surface area contributed by atoms with E-state index in [0.717, 1.165) is 5.76 Å². The lowest BCUT2D eigenvalue weighted by Crippen LogP contribution is -2.25. The lowest BCUT2D eigenvalue weighted by atomic mass is 10.2. The van der Waals surface area contributed by atoms with Gasteiger partial charge in [-0.3, -0.25) is 9.36 Å². The van der Waals surface area contributed by atoms with Crippen molar-refractivity contribution >= 4 is 23.1 Å². The van der Waals surface area contributed by atoms with Crippen LogP contribution >= 0.6 is 0 Å². The summed E-state index contributed by atoms with van der Waals surface area (Å²) in [6.07, 6.45) is 3.66. The molecule has 2 heterocycles. The molecule has 0 bridgehead atoms. The Labute approximate surface area is 175 Å². The van der Waals surface area contributed by atoms with E-state index in [9.17, 15) is 4.79 Å². The Hall–Kier alpha value is -2.93. The molecule has 2 atom stereocenters. The number of hydrogen-bond donors (Lipinski definition) is 1. The number of ether oxygens (including phenoxy) is 1. The number of hydrazone groups is 1. The van der Waals surface area contributed by atoms with Crippen LogP contribution in [0.5, 0.6) is 0 Å². The van der Waals surface area contributed by atoms with E-state index in [-0.39, 0.29) is 11.7 Å². The van der Waals surface area contributed by atoms with E-state index >= 15 is 0 Å². The third-order valence-corrected chi connectivity index (χ3v) is 5.32. The van der Waals surface area contributed by atoms with E-state index in [1.807, 2.05) is 44.2 Å². The minimum Gasteiger partial charge on any atom is -0.460 e. The van der Waals surface area contributed by atoms with E-state index in [1.165, 1.54) is 6.42 Å². The fourth-order valence-electron chi connectivity index (χ4n) is 3.51. The maximum atomic E-state index is 13.0. The molecule has 1 aliphatic rings. The summed E-state index contributed by atoms with van der Waals surface area (Å²) in [5.74, 6) is 3.31. The number of furan rings is 1. The maximum absolute atomic E-state index is 13.0. The van der Waals surface area contributed by atoms with Gasteiger partial charge >= 0.3 is 0 Å². The number of hydrogen-bond acceptors (Lipinski definition) is 6. The fraction of sp³-hybridized carbons (Fsp3) is 0.435. The van der Waals surface area contributed by atoms with Crippen molar-refractivity contribution in [3.63, 3.8) is 0 Å². The molecule has 0 radical (unpaired) electrons. The smallest absolute Gasteiger partial charge is 0.262 e. The zero-order valence-electron chi connectivity index (χ0n) is 17.7. The van der Waals surface area contributed by atoms with Crippen molar-refractivity contribution in [3.05, 3.63) is 58.3 Å². The molecule has 4 rings (SSSR count). The number of nitrogens with one attached hydrogen (secondary N) is 1. The maximum Gasteiger partial charge on any atom is 0.262 e. The first kappa shape index (κ1) is 20.3. The third kappa shape index (κ3) is 4.62. The second kappa shape index (κ2) is 8.83. The minimum absolute atomic E-state index is 0.0918. The zero-order chi connectivity index (χ0) is 21.1. The highest BCUT2D eigenvalue weighted by atomic mass is 16.5. The second-order valence-electron chi connectivity index (χ2n) is 8.11. The molecule has 1 aliphatic carbocycles. The van der Waals surface area contributed by atoms with E-state index < -0.39 is 0 Å². The van der Waals surface area contributed by atoms with Gasteiger partial charge in [-0.25, -0.2) is 10.4 Å². The van der Waals surface area contributed by atoms with Gasteiger partial charge in [0.05, 0.1) is 23.2 Å². The van der Waals surface area contributed by atoms with Gasteiger partial charge in [0.2, 0.25) is 5.95 Å². The highest BCUT2D eigenvalue weighted by Gasteiger charge is 2.36. The predicted octanol–water partition coefficient (Wildman–Crippen LogP) is 4.37. The molecule has 7 nitrogen and oxygen atoms in total. The molecule has 2 aromatic heterocycles. The van der Waals surface area contributed by atoms with Crippen LogP contribution in [0.3, 0.4) is 0 Å². The average Bonchev–Trinajstić information content (AvgIpc) is 3.27. The van der Waals surface area contributed by atoms with Crippen LogP contribution in [0.1, 0.15) is 51.1 Å². The molecule has 158 valence electrons. The summed E-state index contributed by atoms with van der Waals surface area (Å²) in [5, 5.41) is 4.86. The third-order valence-electron chi connectivity index (χ3n) is 5.32. The summed E-state index contributed by atoms with van der Waals surface area (Å²) in [6, 6.07) is 11.3. The summed E-state index contributed by atoms with van der Waals surface area (Å²) in [6.45, 7) is 7.28. The van der Waals surface area contributed by atoms with Gasteiger partial charge in [-0.05, 0) is 56.9 Å². The van der Waals surface area contributed by atoms with Crippen molar-refractivity contribution in [3.8, 4) is 0 Å². The Kier molecular flexibility index (Phi) is 5.99. The van der Waals surface area contributed by atoms with Crippen LogP contribution in [0.15, 0.2) is 50.7 Å². The molecule has 7 heteroatoms. The summed E-state index contributed by atoms with van der Waals surface area (Å²) in [4.78, 5) is 17.6. The second-order valence-corrected chi connectivity index (χ2v) is 8.11. The van der Waals surface area contributed by atoms with E-state index in [4.69, 9.17) is 9.15 Å². The minimum atomic E-state index is -0.0918. The topological polar surface area (TPSA) is 81.7 Å². The summed E-state index contributed by atoms with van der Waals surface area (Å²) in [7, 11) is 0. The van der Waals surface area contributed by atoms with Gasteiger partial charge < -0.3 is 9.15 Å². The first-order valence-electron chi connectivity index (χ1n) is 10.5. The van der Waals surface area contributed by atoms with Crippen molar-refractivity contribution in [1.29, 1.82) is 0 Å². The van der Waals surface area contributed by atoms with E-state index in [2.05, 4.69) is 22.4 Å². The molecule has 0 aliphatic heterocycles. The molecule has 0 spiro atoms. The highest BCUT2D eigenvalue weighted by Crippen LogP contribution is 2.47. The number of para-hydroxylation sites is 1. The Morgan fingerprint density at radius 2 is 2.13 bits per heavy atom. The van der Waals surface area contributed by atoms with Crippen molar-refractivity contribution in [2.75, 3.05) is 12.0 Å². The van der Waals surface area contributed by atoms with Gasteiger partial charge in [-0.15, -0.1) is 0 Å². The van der Waals surface area contributed by atoms with Gasteiger partial charge in [0.25, 0.3) is 5.56 Å². The monoisotopic (exact) mass is 408 g/mol. The van der Waals surface area contributed by atoms with Crippen LogP contribution in [0.2, 0.25) is 0 Å². The molecule has 1 aromatic carbocycles. The van der Waals surface area contributed by atoms with Gasteiger partial charge in [-0.1, -0.05) is 19.1 Å². The van der Waals surface area contributed by atoms with Gasteiger partial charge in [-0.2, -0.15) is 5.10 Å². The molecular formula is C23H28N4O3. The number of benzene rings is 1. The normalized spacial score (nSPS) is 18.5. The SMILES string of the molecule is CC(C)OCCCn1c(N/N=C\c2ccc([C@H]3C[C@H]3C)o2)nc2ccccc2c1=O. The quantitative estimate of drug-likeness (QED) is 0.323. The summed E-state index contributed by atoms with van der Waals surface area (Å²) >= 11 is 0. The summed E-state index contributed by atoms with van der Waals surface area (Å²) < 4.78 is 13.1. The Morgan fingerprint density at radius 1 is 1.33 bits per heavy atom. The molecule has 1 saturated carbocycles. The van der Waals surface area contributed by atoms with Crippen molar-refractivity contribution in [2.45, 2.75) is 52.2 Å². The number of anilines is 1. The molecule has 3 aromatic rings. The van der Waals surface area contributed by atoms with Crippen LogP contribution in [0.25, 0.3) is 10.9 Å². The average molecular weight is 409 g/mol. The number of nitrogens with zero attached hydrogens (tertiary/aromatic N) is 3. The number of rotatable bonds is 9. The molecule has 30 heavy (non-hydrogen) atoms. The fourth-order valence-corrected chi connectivity index (χ4v) is 3.51. The number of fused-ring (bicyclic) bond motifs is 1. The first-order chi connectivity index (χ1) is 14.5. The van der Waals surface area contributed by atoms with E-state index in [1.54, 1.807) is 16.8 Å². The first-order valence-corrected chi connectivity index (χ1v) is 10.5. The van der Waals surface area contributed by atoms with Crippen LogP contribution in [-0.2, 0) is 11.3 Å². The highest BCUT2D eigenvalue weighted by molar-refractivity contribution is 5.79. The zero-order valence-corrected chi connectivity index (χ0v) is 17.7. The Balaban J connectivity index is 1.52. The lowest BCUT2D eigenvalue weighted by molar-refractivity contribution is 0.0748. The Morgan fingerprint density at radius 3 is 2.90 bits per heavy atom. The standard InChI is InChI=1S/C23H28N4O3/c1-15(2)29-12-6-11-27-22(28)18-7-4-5-8-20(18)25-23(27)26-24-14-17-9-10-21(30-17)19-13-16(19)3/h4-5,7-10,14-16,19H,6,11-13H2,1-3H3,(H,25,26)/b24-14-/t16-,19+/m1/s1. The van der Waals surface area contributed by atoms with Crippen LogP contribution in [-0.4, -0.2) is 28.5 Å². The molecule has 0 unspecified atom stereocenters. The van der Waals surface area contributed by atoms with Crippen LogP contribution < -0.4 is 11.0 Å². The molecule has 0 amide bonds. The molecular weight excluding hydrogens is 380 g/mol. The molecule has 1 fully saturated rings. The molecule has 0 saturated heterocycles. The van der Waals surface area contributed by atoms with Gasteiger partial charge in [0.1, 0.15) is 11.5 Å². The molecule has 1 N–H and O–H groups in total. The van der Waals surface area contributed by atoms with E-state index in [0.29, 0.717) is 54.0 Å². The van der Waals surface area contributed by atoms with Crippen LogP contribution in [0.4, 0.5) is 5.95 Å². The number of aromatic nitrogens is 2. The van der Waals surface area contributed by atoms with Gasteiger partial charge in [0.15, 0.2) is 0 Å². The largest absolute Gasteiger partial charge is 0.460 e. The Bertz CT molecular complexity index is 1100.